The Morgan fingerprint density at radius 1 is 0.667 bits per heavy atom. The highest BCUT2D eigenvalue weighted by Crippen LogP contribution is 2.44. The number of phenolic OH excluding ortho intramolecular Hbond substituents is 1. The third-order valence-corrected chi connectivity index (χ3v) is 15.3. The van der Waals surface area contributed by atoms with Crippen molar-refractivity contribution < 1.29 is 38.9 Å². The van der Waals surface area contributed by atoms with Crippen LogP contribution < -0.4 is 42.8 Å². The molecule has 0 aromatic heterocycles. The number of methoxy groups -OCH3 is 1. The lowest BCUT2D eigenvalue weighted by Gasteiger charge is -2.34. The number of aliphatic imine (C=N–C) groups is 1. The Hall–Kier alpha value is -8.12. The highest BCUT2D eigenvalue weighted by molar-refractivity contribution is 7.80. The van der Waals surface area contributed by atoms with Gasteiger partial charge in [0.2, 0.25) is 11.8 Å². The van der Waals surface area contributed by atoms with Crippen molar-refractivity contribution in [3.05, 3.63) is 191 Å². The van der Waals surface area contributed by atoms with Crippen LogP contribution in [0.15, 0.2) is 157 Å². The maximum Gasteiger partial charge on any atom is 0.407 e. The molecule has 0 bridgehead atoms. The lowest BCUT2D eigenvalue weighted by atomic mass is 9.86. The van der Waals surface area contributed by atoms with Crippen LogP contribution in [0.4, 0.5) is 4.79 Å². The number of hydrogen-bond acceptors (Lipinski definition) is 11. The molecule has 0 heterocycles. The van der Waals surface area contributed by atoms with Gasteiger partial charge >= 0.3 is 12.1 Å². The SMILES string of the molecule is CC(C)(C)[C@H](N)C(=O)NCc1ccccc1.CC(C)(C)[C@H](NC(=O)OCC1c2ccccc2-c2ccccc21)C(=O)O.COc1cc(C)c(O)c(C=N[C@@H]2CCCC[C@H]2NC(=S)N[C@H](C(=O)NCc2ccccc2)C(C)(C)C)c1.NCc1ccccc1. The lowest BCUT2D eigenvalue weighted by molar-refractivity contribution is -0.142. The van der Waals surface area contributed by atoms with Crippen LogP contribution in [0.5, 0.6) is 11.5 Å². The van der Waals surface area contributed by atoms with Crippen LogP contribution >= 0.6 is 12.2 Å². The van der Waals surface area contributed by atoms with Crippen molar-refractivity contribution in [3.63, 3.8) is 0 Å². The summed E-state index contributed by atoms with van der Waals surface area (Å²) in [6.45, 7) is 20.8. The number of alkyl carbamates (subject to hydrolysis) is 1. The first kappa shape index (κ1) is 69.6. The van der Waals surface area contributed by atoms with Crippen molar-refractivity contribution in [2.75, 3.05) is 13.7 Å². The maximum absolute atomic E-state index is 13.1. The third kappa shape index (κ3) is 22.0. The van der Waals surface area contributed by atoms with Crippen LogP contribution in [-0.4, -0.2) is 89.3 Å². The molecule has 3 amide bonds. The van der Waals surface area contributed by atoms with Gasteiger partial charge in [-0.3, -0.25) is 14.6 Å². The van der Waals surface area contributed by atoms with E-state index in [1.165, 1.54) is 5.56 Å². The minimum atomic E-state index is -1.08. The molecule has 6 aromatic rings. The Balaban J connectivity index is 0.000000237. The van der Waals surface area contributed by atoms with Crippen LogP contribution in [0, 0.1) is 23.2 Å². The van der Waals surface area contributed by atoms with Crippen LogP contribution in [-0.2, 0) is 38.8 Å². The summed E-state index contributed by atoms with van der Waals surface area (Å²) < 4.78 is 10.7. The topological polar surface area (TPSA) is 252 Å². The van der Waals surface area contributed by atoms with Crippen LogP contribution in [0.1, 0.15) is 133 Å². The monoisotopic (exact) mass is 1200 g/mol. The number of aryl methyl sites for hydroxylation is 1. The number of nitrogens with one attached hydrogen (secondary N) is 5. The van der Waals surface area contributed by atoms with Gasteiger partial charge in [0, 0.05) is 37.3 Å². The number of amides is 3. The summed E-state index contributed by atoms with van der Waals surface area (Å²) in [4.78, 5) is 53.2. The number of aliphatic carboxylic acids is 1. The number of benzene rings is 6. The molecule has 5 atom stereocenters. The highest BCUT2D eigenvalue weighted by atomic mass is 32.1. The quantitative estimate of drug-likeness (QED) is 0.0323. The molecule has 16 nitrogen and oxygen atoms in total. The number of carbonyl (C=O) groups is 4. The second kappa shape index (κ2) is 33.1. The Bertz CT molecular complexity index is 3150. The smallest absolute Gasteiger partial charge is 0.407 e. The van der Waals surface area contributed by atoms with E-state index in [0.717, 1.165) is 64.6 Å². The number of carboxylic acid groups (broad SMARTS) is 1. The fraction of sp³-hybridized carbons (Fsp3) is 0.400. The molecule has 17 heteroatoms. The van der Waals surface area contributed by atoms with Crippen LogP contribution in [0.2, 0.25) is 0 Å². The number of fused-ring (bicyclic) bond motifs is 3. The molecule has 0 radical (unpaired) electrons. The predicted molar refractivity (Wildman–Crippen MR) is 353 cm³/mol. The van der Waals surface area contributed by atoms with E-state index < -0.39 is 35.6 Å². The molecule has 11 N–H and O–H groups in total. The van der Waals surface area contributed by atoms with Crippen molar-refractivity contribution >= 4 is 47.4 Å². The molecule has 1 saturated carbocycles. The molecular formula is C70H92N8O8S. The maximum atomic E-state index is 13.1. The minimum Gasteiger partial charge on any atom is -0.507 e. The van der Waals surface area contributed by atoms with Gasteiger partial charge in [0.25, 0.3) is 0 Å². The van der Waals surface area contributed by atoms with Crippen molar-refractivity contribution in [1.82, 2.24) is 26.6 Å². The van der Waals surface area contributed by atoms with Crippen LogP contribution in [0.3, 0.4) is 0 Å². The average molecular weight is 1210 g/mol. The zero-order valence-electron chi connectivity index (χ0n) is 52.5. The van der Waals surface area contributed by atoms with Crippen molar-refractivity contribution in [2.24, 2.45) is 32.7 Å². The molecule has 2 aliphatic carbocycles. The number of hydrogen-bond donors (Lipinski definition) is 9. The number of rotatable bonds is 16. The highest BCUT2D eigenvalue weighted by Gasteiger charge is 2.36. The predicted octanol–water partition coefficient (Wildman–Crippen LogP) is 11.5. The van der Waals surface area contributed by atoms with E-state index in [0.29, 0.717) is 36.1 Å². The van der Waals surface area contributed by atoms with Gasteiger partial charge in [-0.15, -0.1) is 0 Å². The van der Waals surface area contributed by atoms with Gasteiger partial charge in [-0.25, -0.2) is 9.59 Å². The molecule has 6 aromatic carbocycles. The lowest BCUT2D eigenvalue weighted by Crippen LogP contribution is -2.58. The van der Waals surface area contributed by atoms with E-state index >= 15 is 0 Å². The molecule has 1 fully saturated rings. The zero-order valence-corrected chi connectivity index (χ0v) is 53.3. The summed E-state index contributed by atoms with van der Waals surface area (Å²) in [5.74, 6) is -0.438. The Kier molecular flexibility index (Phi) is 26.5. The molecule has 2 aliphatic rings. The normalized spacial score (nSPS) is 15.5. The summed E-state index contributed by atoms with van der Waals surface area (Å²) in [6.07, 6.45) is 5.01. The summed E-state index contributed by atoms with van der Waals surface area (Å²) in [5, 5.41) is 35.3. The Morgan fingerprint density at radius 3 is 1.62 bits per heavy atom. The molecular weight excluding hydrogens is 1110 g/mol. The summed E-state index contributed by atoms with van der Waals surface area (Å²) in [7, 11) is 1.61. The van der Waals surface area contributed by atoms with Crippen LogP contribution in [0.25, 0.3) is 11.1 Å². The fourth-order valence-corrected chi connectivity index (χ4v) is 10.1. The number of nitrogens with zero attached hydrogens (tertiary/aromatic N) is 1. The number of aromatic hydroxyl groups is 1. The largest absolute Gasteiger partial charge is 0.507 e. The summed E-state index contributed by atoms with van der Waals surface area (Å²) in [5.41, 5.74) is 19.2. The van der Waals surface area contributed by atoms with Crippen molar-refractivity contribution in [2.45, 2.75) is 151 Å². The first-order valence-electron chi connectivity index (χ1n) is 29.7. The van der Waals surface area contributed by atoms with Gasteiger partial charge in [0.15, 0.2) is 5.11 Å². The van der Waals surface area contributed by atoms with Gasteiger partial charge in [0.05, 0.1) is 25.2 Å². The number of thiocarbonyl (C=S) groups is 1. The van der Waals surface area contributed by atoms with Gasteiger partial charge in [-0.2, -0.15) is 0 Å². The zero-order chi connectivity index (χ0) is 63.9. The van der Waals surface area contributed by atoms with E-state index in [4.69, 9.17) is 38.2 Å². The van der Waals surface area contributed by atoms with E-state index in [-0.39, 0.29) is 53.0 Å². The molecule has 8 rings (SSSR count). The Morgan fingerprint density at radius 2 is 1.15 bits per heavy atom. The summed E-state index contributed by atoms with van der Waals surface area (Å²) in [6, 6.07) is 47.4. The van der Waals surface area contributed by atoms with Gasteiger partial charge < -0.3 is 57.7 Å². The first-order valence-corrected chi connectivity index (χ1v) is 30.1. The average Bonchev–Trinajstić information content (AvgIpc) is 1.72. The van der Waals surface area contributed by atoms with Gasteiger partial charge in [-0.05, 0) is 105 Å². The van der Waals surface area contributed by atoms with E-state index in [2.05, 4.69) is 38.7 Å². The van der Waals surface area contributed by atoms with Gasteiger partial charge in [-0.1, -0.05) is 215 Å². The second-order valence-electron chi connectivity index (χ2n) is 25.1. The molecule has 466 valence electrons. The molecule has 0 aliphatic heterocycles. The van der Waals surface area contributed by atoms with Gasteiger partial charge in [0.1, 0.15) is 30.2 Å². The van der Waals surface area contributed by atoms with Crippen molar-refractivity contribution in [1.29, 1.82) is 0 Å². The number of ether oxygens (including phenoxy) is 2. The standard InChI is InChI=1S/C29H40N4O3S.C21H23NO4.C13H20N2O.C7H9N/c1-19-15-22(36-5)16-21(25(19)34)18-30-23-13-9-10-14-24(23)32-28(37)33-26(29(2,3)4)27(35)31-17-20-11-7-6-8-12-20;1-21(2,3)18(19(23)24)22-20(25)26-12-17-15-10-6-4-8-13(15)14-9-5-7-11-16(14)17;1-13(2,3)11(14)12(16)15-9-10-7-5-4-6-8-10;8-6-7-4-2-1-3-5-7/h6-8,11-12,15-16,18,23-24,26,34H,9-10,13-14,17H2,1-5H3,(H,31,35)(H2,32,33,37);4-11,17-18H,12H2,1-3H3,(H,22,25)(H,23,24);4-8,11H,9,14H2,1-3H3,(H,15,16);1-5H,6,8H2/t23-,24-,26-;18-;11-;/m111./s1. The summed E-state index contributed by atoms with van der Waals surface area (Å²) >= 11 is 5.67. The van der Waals surface area contributed by atoms with E-state index in [1.54, 1.807) is 46.2 Å². The molecule has 87 heavy (non-hydrogen) atoms. The number of phenols is 1. The fourth-order valence-electron chi connectivity index (χ4n) is 9.84. The number of nitrogens with two attached hydrogens (primary N) is 2. The second-order valence-corrected chi connectivity index (χ2v) is 25.5. The number of carboxylic acids is 1. The number of carbonyl (C=O) groups excluding carboxylic acids is 3. The molecule has 0 saturated heterocycles. The third-order valence-electron chi connectivity index (χ3n) is 15.0. The van der Waals surface area contributed by atoms with Crippen molar-refractivity contribution in [3.8, 4) is 22.6 Å². The van der Waals surface area contributed by atoms with E-state index in [9.17, 15) is 29.4 Å². The Labute approximate surface area is 520 Å². The minimum absolute atomic E-state index is 0.000555. The first-order chi connectivity index (χ1) is 41.2. The van der Waals surface area contributed by atoms with E-state index in [1.807, 2.05) is 176 Å². The molecule has 0 spiro atoms. The molecule has 0 unspecified atom stereocenters.